The summed E-state index contributed by atoms with van der Waals surface area (Å²) < 4.78 is 13.8. The van der Waals surface area contributed by atoms with Crippen LogP contribution < -0.4 is 46.6 Å². The number of ether oxygens (including phenoxy) is 2. The second-order valence-corrected chi connectivity index (χ2v) is 20.7. The third-order valence-electron chi connectivity index (χ3n) is 11.5. The van der Waals surface area contributed by atoms with E-state index >= 15 is 0 Å². The Morgan fingerprint density at radius 2 is 0.852 bits per heavy atom. The third-order valence-corrected chi connectivity index (χ3v) is 16.3. The first-order valence-corrected chi connectivity index (χ1v) is 21.1. The van der Waals surface area contributed by atoms with Gasteiger partial charge in [0.05, 0.1) is 0 Å². The van der Waals surface area contributed by atoms with Crippen LogP contribution in [-0.2, 0) is 10.8 Å². The topological polar surface area (TPSA) is 18.5 Å². The van der Waals surface area contributed by atoms with Crippen LogP contribution in [0.5, 0.6) is 23.0 Å². The first-order chi connectivity index (χ1) is 26.0. The fourth-order valence-electron chi connectivity index (χ4n) is 8.62. The molecule has 0 saturated heterocycles. The van der Waals surface area contributed by atoms with Crippen molar-refractivity contribution in [3.8, 4) is 34.1 Å². The molecule has 0 spiro atoms. The molecule has 9 rings (SSSR count). The monoisotopic (exact) mass is 716 g/mol. The highest BCUT2D eigenvalue weighted by atomic mass is 28.3. The molecular formula is C50H45BO2Si. The lowest BCUT2D eigenvalue weighted by Crippen LogP contribution is -2.74. The Labute approximate surface area is 321 Å². The van der Waals surface area contributed by atoms with Crippen LogP contribution in [0, 0.1) is 0 Å². The van der Waals surface area contributed by atoms with Crippen LogP contribution in [0.3, 0.4) is 0 Å². The van der Waals surface area contributed by atoms with Crippen molar-refractivity contribution in [2.45, 2.75) is 52.4 Å². The van der Waals surface area contributed by atoms with E-state index in [1.165, 1.54) is 42.8 Å². The van der Waals surface area contributed by atoms with Crippen molar-refractivity contribution in [3.05, 3.63) is 175 Å². The molecule has 0 radical (unpaired) electrons. The van der Waals surface area contributed by atoms with Gasteiger partial charge in [-0.1, -0.05) is 181 Å². The van der Waals surface area contributed by atoms with Crippen molar-refractivity contribution in [2.75, 3.05) is 0 Å². The molecule has 7 aromatic rings. The van der Waals surface area contributed by atoms with Gasteiger partial charge in [-0.3, -0.25) is 0 Å². The fraction of sp³-hybridized carbons (Fsp3) is 0.160. The zero-order valence-corrected chi connectivity index (χ0v) is 33.0. The van der Waals surface area contributed by atoms with E-state index in [0.717, 1.165) is 39.6 Å². The lowest BCUT2D eigenvalue weighted by molar-refractivity contribution is 0.464. The van der Waals surface area contributed by atoms with Crippen molar-refractivity contribution in [3.63, 3.8) is 0 Å². The summed E-state index contributed by atoms with van der Waals surface area (Å²) in [7, 11) is -2.65. The molecule has 2 heterocycles. The van der Waals surface area contributed by atoms with Gasteiger partial charge in [-0.05, 0) is 83.5 Å². The third kappa shape index (κ3) is 5.55. The van der Waals surface area contributed by atoms with Crippen molar-refractivity contribution in [1.29, 1.82) is 0 Å². The van der Waals surface area contributed by atoms with Crippen LogP contribution in [-0.4, -0.2) is 14.8 Å². The molecule has 2 aliphatic rings. The molecule has 264 valence electrons. The average molecular weight is 717 g/mol. The molecule has 0 aromatic heterocycles. The van der Waals surface area contributed by atoms with Crippen molar-refractivity contribution in [1.82, 2.24) is 0 Å². The molecule has 0 amide bonds. The molecule has 4 heteroatoms. The summed E-state index contributed by atoms with van der Waals surface area (Å²) in [5.41, 5.74) is 8.29. The predicted octanol–water partition coefficient (Wildman–Crippen LogP) is 8.05. The second kappa shape index (κ2) is 12.8. The van der Waals surface area contributed by atoms with E-state index in [1.54, 1.807) is 0 Å². The van der Waals surface area contributed by atoms with E-state index in [4.69, 9.17) is 9.47 Å². The summed E-state index contributed by atoms with van der Waals surface area (Å²) >= 11 is 0. The highest BCUT2D eigenvalue weighted by Gasteiger charge is 2.43. The molecule has 0 aliphatic carbocycles. The van der Waals surface area contributed by atoms with Crippen LogP contribution in [0.2, 0.25) is 0 Å². The van der Waals surface area contributed by atoms with E-state index in [2.05, 4.69) is 205 Å². The van der Waals surface area contributed by atoms with E-state index < -0.39 is 8.07 Å². The molecule has 2 nitrogen and oxygen atoms in total. The van der Waals surface area contributed by atoms with Gasteiger partial charge >= 0.3 is 0 Å². The predicted molar refractivity (Wildman–Crippen MR) is 231 cm³/mol. The smallest absolute Gasteiger partial charge is 0.260 e. The van der Waals surface area contributed by atoms with Crippen molar-refractivity contribution in [2.24, 2.45) is 0 Å². The summed E-state index contributed by atoms with van der Waals surface area (Å²) in [4.78, 5) is 0. The number of hydrogen-bond acceptors (Lipinski definition) is 2. The number of hydrogen-bond donors (Lipinski definition) is 0. The van der Waals surface area contributed by atoms with Crippen LogP contribution in [0.25, 0.3) is 11.1 Å². The van der Waals surface area contributed by atoms with Gasteiger partial charge in [-0.25, -0.2) is 0 Å². The maximum Gasteiger partial charge on any atom is 0.260 e. The number of rotatable bonds is 5. The Kier molecular flexibility index (Phi) is 8.10. The summed E-state index contributed by atoms with van der Waals surface area (Å²) in [6, 6.07) is 60.5. The molecular weight excluding hydrogens is 671 g/mol. The maximum atomic E-state index is 7.02. The van der Waals surface area contributed by atoms with Crippen molar-refractivity contribution >= 4 is 51.9 Å². The lowest BCUT2D eigenvalue weighted by atomic mass is 9.34. The van der Waals surface area contributed by atoms with Gasteiger partial charge < -0.3 is 9.47 Å². The fourth-order valence-corrected chi connectivity index (χ4v) is 13.4. The highest BCUT2D eigenvalue weighted by molar-refractivity contribution is 7.19. The van der Waals surface area contributed by atoms with Crippen LogP contribution in [0.4, 0.5) is 0 Å². The van der Waals surface area contributed by atoms with E-state index in [-0.39, 0.29) is 17.5 Å². The second-order valence-electron chi connectivity index (χ2n) is 16.9. The SMILES string of the molecule is CC(C)(C)c1ccc2c(c1)B1c3cc(C(C)(C)C)ccc3Oc3c(-c4ccc([Si](c5ccccc5)(c5ccccc5)c5ccccc5)cc4)ccc(c31)O2. The van der Waals surface area contributed by atoms with Gasteiger partial charge in [-0.2, -0.15) is 0 Å². The Hall–Kier alpha value is -5.58. The Morgan fingerprint density at radius 1 is 0.426 bits per heavy atom. The Balaban J connectivity index is 1.23. The Morgan fingerprint density at radius 3 is 1.31 bits per heavy atom. The standard InChI is InChI=1S/C50H45BO2Si/c1-49(2,3)35-24-29-44-42(32-35)51-43-33-36(50(4,5)6)25-30-45(43)53-48-41(28-31-46(52-44)47(48)51)34-22-26-40(27-23-34)54(37-16-10-7-11-17-37,38-18-12-8-13-19-38)39-20-14-9-15-21-39/h7-33H,1-6H3. The van der Waals surface area contributed by atoms with Gasteiger partial charge in [0, 0.05) is 11.0 Å². The zero-order valence-electron chi connectivity index (χ0n) is 32.0. The molecule has 7 aromatic carbocycles. The lowest BCUT2D eigenvalue weighted by Gasteiger charge is -2.36. The molecule has 0 atom stereocenters. The van der Waals surface area contributed by atoms with Crippen LogP contribution in [0.15, 0.2) is 164 Å². The molecule has 0 saturated carbocycles. The van der Waals surface area contributed by atoms with E-state index in [1.807, 2.05) is 0 Å². The largest absolute Gasteiger partial charge is 0.458 e. The van der Waals surface area contributed by atoms with Gasteiger partial charge in [0.15, 0.2) is 8.07 Å². The van der Waals surface area contributed by atoms with Crippen LogP contribution >= 0.6 is 0 Å². The molecule has 0 unspecified atom stereocenters. The van der Waals surface area contributed by atoms with Gasteiger partial charge in [0.2, 0.25) is 0 Å². The molecule has 0 fully saturated rings. The van der Waals surface area contributed by atoms with Crippen LogP contribution in [0.1, 0.15) is 52.7 Å². The minimum absolute atomic E-state index is 0.000764. The van der Waals surface area contributed by atoms with Gasteiger partial charge in [0.1, 0.15) is 23.0 Å². The zero-order chi connectivity index (χ0) is 37.2. The molecule has 2 aliphatic heterocycles. The molecule has 0 bridgehead atoms. The van der Waals surface area contributed by atoms with E-state index in [0.29, 0.717) is 0 Å². The average Bonchev–Trinajstić information content (AvgIpc) is 3.18. The maximum absolute atomic E-state index is 7.02. The normalized spacial score (nSPS) is 13.3. The number of fused-ring (bicyclic) bond motifs is 4. The Bertz CT molecular complexity index is 2370. The first kappa shape index (κ1) is 34.2. The molecule has 54 heavy (non-hydrogen) atoms. The van der Waals surface area contributed by atoms with Gasteiger partial charge in [0.25, 0.3) is 6.71 Å². The van der Waals surface area contributed by atoms with E-state index in [9.17, 15) is 0 Å². The van der Waals surface area contributed by atoms with Crippen molar-refractivity contribution < 1.29 is 9.47 Å². The minimum Gasteiger partial charge on any atom is -0.458 e. The molecule has 0 N–H and O–H groups in total. The number of benzene rings is 7. The summed E-state index contributed by atoms with van der Waals surface area (Å²) in [6.45, 7) is 13.7. The first-order valence-electron chi connectivity index (χ1n) is 19.1. The summed E-state index contributed by atoms with van der Waals surface area (Å²) in [5, 5.41) is 5.43. The summed E-state index contributed by atoms with van der Waals surface area (Å²) in [5.74, 6) is 3.57. The minimum atomic E-state index is -2.65. The summed E-state index contributed by atoms with van der Waals surface area (Å²) in [6.07, 6.45) is 0. The quantitative estimate of drug-likeness (QED) is 0.133. The highest BCUT2D eigenvalue weighted by Crippen LogP contribution is 2.41. The van der Waals surface area contributed by atoms with Gasteiger partial charge in [-0.15, -0.1) is 0 Å².